The van der Waals surface area contributed by atoms with Gasteiger partial charge in [-0.15, -0.1) is 0 Å². The monoisotopic (exact) mass is 329 g/mol. The Morgan fingerprint density at radius 2 is 1.80 bits per heavy atom. The van der Waals surface area contributed by atoms with E-state index in [-0.39, 0.29) is 21.4 Å². The molecule has 0 bridgehead atoms. The molecule has 0 aliphatic carbocycles. The molecule has 1 amide bonds. The number of amides is 1. The van der Waals surface area contributed by atoms with Crippen LogP contribution in [-0.2, 0) is 0 Å². The Morgan fingerprint density at radius 1 is 1.10 bits per heavy atom. The normalized spacial score (nSPS) is 10.4. The van der Waals surface area contributed by atoms with E-state index in [2.05, 4.69) is 5.32 Å². The van der Waals surface area contributed by atoms with Crippen molar-refractivity contribution in [1.29, 1.82) is 0 Å². The summed E-state index contributed by atoms with van der Waals surface area (Å²) in [7, 11) is 0. The molecule has 0 radical (unpaired) electrons. The Labute approximate surface area is 131 Å². The van der Waals surface area contributed by atoms with Crippen LogP contribution in [0.1, 0.15) is 15.9 Å². The molecule has 2 rings (SSSR count). The average molecular weight is 331 g/mol. The molecule has 0 heterocycles. The quantitative estimate of drug-likeness (QED) is 0.821. The van der Waals surface area contributed by atoms with Crippen molar-refractivity contribution in [3.8, 4) is 5.75 Å². The summed E-state index contributed by atoms with van der Waals surface area (Å²) in [5.74, 6) is -0.808. The van der Waals surface area contributed by atoms with Gasteiger partial charge in [-0.25, -0.2) is 0 Å². The minimum Gasteiger partial charge on any atom is -0.506 e. The van der Waals surface area contributed by atoms with Crippen LogP contribution < -0.4 is 5.32 Å². The molecular formula is C14H10Cl3NO2. The third-order valence-electron chi connectivity index (χ3n) is 2.71. The molecule has 0 spiro atoms. The third kappa shape index (κ3) is 3.18. The Bertz CT molecular complexity index is 686. The minimum atomic E-state index is -0.502. The summed E-state index contributed by atoms with van der Waals surface area (Å²) >= 11 is 17.5. The molecule has 104 valence electrons. The topological polar surface area (TPSA) is 49.3 Å². The second-order valence-electron chi connectivity index (χ2n) is 4.20. The summed E-state index contributed by atoms with van der Waals surface area (Å²) in [6.45, 7) is 1.81. The van der Waals surface area contributed by atoms with Crippen molar-refractivity contribution in [2.45, 2.75) is 6.92 Å². The summed E-state index contributed by atoms with van der Waals surface area (Å²) < 4.78 is 0. The van der Waals surface area contributed by atoms with Gasteiger partial charge >= 0.3 is 0 Å². The molecule has 0 saturated heterocycles. The highest BCUT2D eigenvalue weighted by Gasteiger charge is 2.16. The van der Waals surface area contributed by atoms with Gasteiger partial charge in [0.25, 0.3) is 5.91 Å². The maximum Gasteiger partial charge on any atom is 0.259 e. The van der Waals surface area contributed by atoms with Gasteiger partial charge in [0.2, 0.25) is 0 Å². The van der Waals surface area contributed by atoms with Gasteiger partial charge in [-0.3, -0.25) is 4.79 Å². The maximum absolute atomic E-state index is 12.2. The summed E-state index contributed by atoms with van der Waals surface area (Å²) in [6.07, 6.45) is 0. The van der Waals surface area contributed by atoms with Crippen LogP contribution in [0.2, 0.25) is 15.1 Å². The zero-order chi connectivity index (χ0) is 14.9. The predicted octanol–water partition coefficient (Wildman–Crippen LogP) is 4.91. The van der Waals surface area contributed by atoms with Crippen LogP contribution in [0.4, 0.5) is 5.69 Å². The van der Waals surface area contributed by atoms with Crippen molar-refractivity contribution in [1.82, 2.24) is 0 Å². The van der Waals surface area contributed by atoms with Crippen molar-refractivity contribution in [2.24, 2.45) is 0 Å². The molecule has 0 saturated carbocycles. The smallest absolute Gasteiger partial charge is 0.259 e. The molecule has 2 aromatic carbocycles. The van der Waals surface area contributed by atoms with Crippen LogP contribution in [-0.4, -0.2) is 11.0 Å². The van der Waals surface area contributed by atoms with Crippen molar-refractivity contribution < 1.29 is 9.90 Å². The van der Waals surface area contributed by atoms with Crippen molar-refractivity contribution in [3.63, 3.8) is 0 Å². The molecule has 3 nitrogen and oxygen atoms in total. The number of aryl methyl sites for hydroxylation is 1. The molecular weight excluding hydrogens is 321 g/mol. The molecule has 0 unspecified atom stereocenters. The van der Waals surface area contributed by atoms with E-state index in [4.69, 9.17) is 34.8 Å². The molecule has 2 N–H and O–H groups in total. The number of carbonyl (C=O) groups is 1. The minimum absolute atomic E-state index is 0.0110. The number of rotatable bonds is 2. The second-order valence-corrected chi connectivity index (χ2v) is 5.48. The van der Waals surface area contributed by atoms with E-state index >= 15 is 0 Å². The fraction of sp³-hybridized carbons (Fsp3) is 0.0714. The Balaban J connectivity index is 2.33. The fourth-order valence-corrected chi connectivity index (χ4v) is 2.42. The number of hydrogen-bond acceptors (Lipinski definition) is 2. The SMILES string of the molecule is Cc1cc(Cl)ccc1NC(=O)c1cc(Cl)cc(Cl)c1O. The van der Waals surface area contributed by atoms with Gasteiger partial charge in [-0.1, -0.05) is 34.8 Å². The Morgan fingerprint density at radius 3 is 2.45 bits per heavy atom. The molecule has 2 aromatic rings. The zero-order valence-electron chi connectivity index (χ0n) is 10.4. The molecule has 20 heavy (non-hydrogen) atoms. The second kappa shape index (κ2) is 5.92. The van der Waals surface area contributed by atoms with Crippen LogP contribution in [0.3, 0.4) is 0 Å². The number of hydrogen-bond donors (Lipinski definition) is 2. The standard InChI is InChI=1S/C14H10Cl3NO2/c1-7-4-8(15)2-3-12(7)18-14(20)10-5-9(16)6-11(17)13(10)19/h2-6,19H,1H3,(H,18,20). The summed E-state index contributed by atoms with van der Waals surface area (Å²) in [4.78, 5) is 12.2. The number of anilines is 1. The van der Waals surface area contributed by atoms with Crippen LogP contribution in [0.5, 0.6) is 5.75 Å². The zero-order valence-corrected chi connectivity index (χ0v) is 12.6. The Kier molecular flexibility index (Phi) is 4.43. The first-order valence-corrected chi connectivity index (χ1v) is 6.77. The highest BCUT2D eigenvalue weighted by molar-refractivity contribution is 6.36. The lowest BCUT2D eigenvalue weighted by atomic mass is 10.1. The number of phenols is 1. The van der Waals surface area contributed by atoms with Gasteiger partial charge in [-0.2, -0.15) is 0 Å². The first-order valence-electron chi connectivity index (χ1n) is 5.64. The van der Waals surface area contributed by atoms with Gasteiger partial charge in [-0.05, 0) is 42.8 Å². The first-order chi connectivity index (χ1) is 9.38. The van der Waals surface area contributed by atoms with Gasteiger partial charge < -0.3 is 10.4 Å². The van der Waals surface area contributed by atoms with E-state index < -0.39 is 5.91 Å². The van der Waals surface area contributed by atoms with E-state index in [1.807, 2.05) is 6.92 Å². The van der Waals surface area contributed by atoms with Gasteiger partial charge in [0.15, 0.2) is 0 Å². The number of aromatic hydroxyl groups is 1. The number of nitrogens with one attached hydrogen (secondary N) is 1. The maximum atomic E-state index is 12.2. The highest BCUT2D eigenvalue weighted by Crippen LogP contribution is 2.32. The van der Waals surface area contributed by atoms with Crippen LogP contribution >= 0.6 is 34.8 Å². The van der Waals surface area contributed by atoms with Crippen molar-refractivity contribution in [2.75, 3.05) is 5.32 Å². The van der Waals surface area contributed by atoms with E-state index in [1.54, 1.807) is 18.2 Å². The molecule has 0 atom stereocenters. The number of phenolic OH excluding ortho intramolecular Hbond substituents is 1. The molecule has 0 fully saturated rings. The predicted molar refractivity (Wildman–Crippen MR) is 82.3 cm³/mol. The highest BCUT2D eigenvalue weighted by atomic mass is 35.5. The van der Waals surface area contributed by atoms with Gasteiger partial charge in [0, 0.05) is 15.7 Å². The molecule has 0 aromatic heterocycles. The number of benzene rings is 2. The lowest BCUT2D eigenvalue weighted by molar-refractivity contribution is 0.102. The first kappa shape index (κ1) is 15.0. The van der Waals surface area contributed by atoms with E-state index in [1.165, 1.54) is 12.1 Å². The van der Waals surface area contributed by atoms with Crippen LogP contribution in [0.25, 0.3) is 0 Å². The summed E-state index contributed by atoms with van der Waals surface area (Å²) in [5.41, 5.74) is 1.41. The molecule has 6 heteroatoms. The van der Waals surface area contributed by atoms with Crippen molar-refractivity contribution >= 4 is 46.4 Å². The Hall–Kier alpha value is -1.42. The summed E-state index contributed by atoms with van der Waals surface area (Å²) in [5, 5.41) is 13.4. The number of halogens is 3. The van der Waals surface area contributed by atoms with Crippen LogP contribution in [0.15, 0.2) is 30.3 Å². The van der Waals surface area contributed by atoms with Crippen molar-refractivity contribution in [3.05, 3.63) is 56.5 Å². The lowest BCUT2D eigenvalue weighted by Crippen LogP contribution is -2.13. The summed E-state index contributed by atoms with van der Waals surface area (Å²) in [6, 6.07) is 7.78. The molecule has 0 aliphatic heterocycles. The van der Waals surface area contributed by atoms with Crippen LogP contribution in [0, 0.1) is 6.92 Å². The third-order valence-corrected chi connectivity index (χ3v) is 3.45. The van der Waals surface area contributed by atoms with E-state index in [0.717, 1.165) is 5.56 Å². The van der Waals surface area contributed by atoms with E-state index in [0.29, 0.717) is 10.7 Å². The fourth-order valence-electron chi connectivity index (χ4n) is 1.70. The molecule has 0 aliphatic rings. The largest absolute Gasteiger partial charge is 0.506 e. The lowest BCUT2D eigenvalue weighted by Gasteiger charge is -2.10. The van der Waals surface area contributed by atoms with E-state index in [9.17, 15) is 9.90 Å². The average Bonchev–Trinajstić information content (AvgIpc) is 2.37. The number of carbonyl (C=O) groups excluding carboxylic acids is 1. The van der Waals surface area contributed by atoms with Gasteiger partial charge in [0.05, 0.1) is 10.6 Å². The van der Waals surface area contributed by atoms with Gasteiger partial charge in [0.1, 0.15) is 5.75 Å².